The summed E-state index contributed by atoms with van der Waals surface area (Å²) in [4.78, 5) is 3.46. The molecular weight excluding hydrogens is 252 g/mol. The summed E-state index contributed by atoms with van der Waals surface area (Å²) in [6.45, 7) is 3.60. The van der Waals surface area contributed by atoms with Gasteiger partial charge in [0, 0.05) is 28.7 Å². The highest BCUT2D eigenvalue weighted by Gasteiger charge is 2.20. The molecule has 1 fully saturated rings. The van der Waals surface area contributed by atoms with Gasteiger partial charge in [-0.15, -0.1) is 0 Å². The molecule has 0 unspecified atom stereocenters. The summed E-state index contributed by atoms with van der Waals surface area (Å²) in [5, 5.41) is 4.85. The Balaban J connectivity index is 1.55. The molecule has 20 heavy (non-hydrogen) atoms. The molecular formula is C16H20N2O2. The number of ether oxygens (including phenoxy) is 2. The van der Waals surface area contributed by atoms with Gasteiger partial charge >= 0.3 is 0 Å². The quantitative estimate of drug-likeness (QED) is 0.823. The number of rotatable bonds is 5. The molecule has 0 atom stereocenters. The summed E-state index contributed by atoms with van der Waals surface area (Å²) in [7, 11) is 0. The van der Waals surface area contributed by atoms with Gasteiger partial charge in [-0.25, -0.2) is 0 Å². The van der Waals surface area contributed by atoms with Crippen LogP contribution in [0.2, 0.25) is 0 Å². The Morgan fingerprint density at radius 2 is 2.05 bits per heavy atom. The van der Waals surface area contributed by atoms with Crippen LogP contribution in [0.5, 0.6) is 11.5 Å². The molecule has 0 amide bonds. The molecule has 2 aliphatic rings. The van der Waals surface area contributed by atoms with Crippen molar-refractivity contribution in [1.29, 1.82) is 0 Å². The average Bonchev–Trinajstić information content (AvgIpc) is 3.06. The van der Waals surface area contributed by atoms with Crippen molar-refractivity contribution < 1.29 is 9.47 Å². The molecule has 2 aromatic rings. The number of hydrogen-bond acceptors (Lipinski definition) is 3. The third kappa shape index (κ3) is 2.14. The van der Waals surface area contributed by atoms with Crippen LogP contribution in [0.3, 0.4) is 0 Å². The van der Waals surface area contributed by atoms with Crippen LogP contribution in [0.25, 0.3) is 10.9 Å². The number of aromatic amines is 1. The predicted molar refractivity (Wildman–Crippen MR) is 78.5 cm³/mol. The number of H-pyrrole nitrogens is 1. The van der Waals surface area contributed by atoms with E-state index in [1.54, 1.807) is 0 Å². The molecule has 4 heteroatoms. The van der Waals surface area contributed by atoms with Gasteiger partial charge in [0.15, 0.2) is 11.5 Å². The summed E-state index contributed by atoms with van der Waals surface area (Å²) in [6.07, 6.45) is 5.00. The number of aryl methyl sites for hydroxylation is 2. The second kappa shape index (κ2) is 4.70. The van der Waals surface area contributed by atoms with Gasteiger partial charge in [0.2, 0.25) is 6.79 Å². The molecule has 0 bridgehead atoms. The Labute approximate surface area is 118 Å². The van der Waals surface area contributed by atoms with E-state index in [1.807, 2.05) is 0 Å². The first-order chi connectivity index (χ1) is 9.81. The minimum Gasteiger partial charge on any atom is -0.454 e. The van der Waals surface area contributed by atoms with Gasteiger partial charge in [-0.1, -0.05) is 0 Å². The van der Waals surface area contributed by atoms with Crippen LogP contribution < -0.4 is 14.8 Å². The van der Waals surface area contributed by atoms with E-state index in [0.29, 0.717) is 6.79 Å². The minimum absolute atomic E-state index is 0.335. The molecule has 1 aliphatic heterocycles. The highest BCUT2D eigenvalue weighted by Crippen LogP contribution is 2.38. The first-order valence-corrected chi connectivity index (χ1v) is 7.45. The van der Waals surface area contributed by atoms with Crippen LogP contribution >= 0.6 is 0 Å². The van der Waals surface area contributed by atoms with Crippen molar-refractivity contribution in [1.82, 2.24) is 10.3 Å². The number of benzene rings is 1. The number of aromatic nitrogens is 1. The minimum atomic E-state index is 0.335. The summed E-state index contributed by atoms with van der Waals surface area (Å²) in [6, 6.07) is 4.97. The van der Waals surface area contributed by atoms with E-state index >= 15 is 0 Å². The first-order valence-electron chi connectivity index (χ1n) is 7.45. The van der Waals surface area contributed by atoms with Gasteiger partial charge in [0.05, 0.1) is 0 Å². The van der Waals surface area contributed by atoms with Crippen molar-refractivity contribution in [3.63, 3.8) is 0 Å². The van der Waals surface area contributed by atoms with E-state index in [0.717, 1.165) is 36.0 Å². The highest BCUT2D eigenvalue weighted by atomic mass is 16.7. The molecule has 106 valence electrons. The van der Waals surface area contributed by atoms with E-state index < -0.39 is 0 Å². The maximum Gasteiger partial charge on any atom is 0.231 e. The van der Waals surface area contributed by atoms with Crippen LogP contribution in [-0.4, -0.2) is 24.4 Å². The van der Waals surface area contributed by atoms with Crippen LogP contribution in [0.15, 0.2) is 12.1 Å². The second-order valence-electron chi connectivity index (χ2n) is 5.81. The molecule has 1 aliphatic carbocycles. The topological polar surface area (TPSA) is 46.3 Å². The molecule has 1 saturated carbocycles. The van der Waals surface area contributed by atoms with E-state index in [1.165, 1.54) is 35.9 Å². The van der Waals surface area contributed by atoms with Crippen LogP contribution in [0, 0.1) is 6.92 Å². The zero-order valence-corrected chi connectivity index (χ0v) is 11.8. The molecule has 1 aromatic heterocycles. The fourth-order valence-corrected chi connectivity index (χ4v) is 2.96. The lowest BCUT2D eigenvalue weighted by Gasteiger charge is -2.04. The summed E-state index contributed by atoms with van der Waals surface area (Å²) in [5.41, 5.74) is 3.82. The molecule has 4 nitrogen and oxygen atoms in total. The zero-order chi connectivity index (χ0) is 13.5. The lowest BCUT2D eigenvalue weighted by atomic mass is 10.1. The van der Waals surface area contributed by atoms with Gasteiger partial charge in [0.1, 0.15) is 0 Å². The Kier molecular flexibility index (Phi) is 2.84. The summed E-state index contributed by atoms with van der Waals surface area (Å²) in [5.74, 6) is 1.72. The Bertz CT molecular complexity index is 643. The van der Waals surface area contributed by atoms with E-state index in [2.05, 4.69) is 29.4 Å². The third-order valence-corrected chi connectivity index (χ3v) is 4.23. The Morgan fingerprint density at radius 1 is 1.25 bits per heavy atom. The van der Waals surface area contributed by atoms with Gasteiger partial charge in [-0.05, 0) is 50.8 Å². The average molecular weight is 272 g/mol. The van der Waals surface area contributed by atoms with Gasteiger partial charge < -0.3 is 19.8 Å². The Hall–Kier alpha value is -1.68. The summed E-state index contributed by atoms with van der Waals surface area (Å²) < 4.78 is 10.9. The number of hydrogen-bond donors (Lipinski definition) is 2. The molecule has 4 rings (SSSR count). The lowest BCUT2D eigenvalue weighted by molar-refractivity contribution is 0.174. The highest BCUT2D eigenvalue weighted by molar-refractivity contribution is 5.88. The molecule has 0 saturated heterocycles. The molecule has 0 radical (unpaired) electrons. The standard InChI is InChI=1S/C16H20N2O2/c1-10-12(3-2-6-17-11-4-5-11)13-7-15-16(20-9-19-15)8-14(13)18-10/h7-8,11,17-18H,2-6,9H2,1H3. The molecule has 0 spiro atoms. The largest absolute Gasteiger partial charge is 0.454 e. The van der Waals surface area contributed by atoms with Crippen molar-refractivity contribution in [2.45, 2.75) is 38.6 Å². The number of nitrogens with one attached hydrogen (secondary N) is 2. The predicted octanol–water partition coefficient (Wildman–Crippen LogP) is 2.89. The fraction of sp³-hybridized carbons (Fsp3) is 0.500. The van der Waals surface area contributed by atoms with Gasteiger partial charge in [0.25, 0.3) is 0 Å². The monoisotopic (exact) mass is 272 g/mol. The second-order valence-corrected chi connectivity index (χ2v) is 5.81. The van der Waals surface area contributed by atoms with E-state index in [-0.39, 0.29) is 0 Å². The Morgan fingerprint density at radius 3 is 2.85 bits per heavy atom. The first kappa shape index (κ1) is 12.1. The van der Waals surface area contributed by atoms with Crippen molar-refractivity contribution >= 4 is 10.9 Å². The van der Waals surface area contributed by atoms with Gasteiger partial charge in [-0.2, -0.15) is 0 Å². The number of fused-ring (bicyclic) bond motifs is 2. The van der Waals surface area contributed by atoms with Crippen molar-refractivity contribution in [2.75, 3.05) is 13.3 Å². The van der Waals surface area contributed by atoms with E-state index in [4.69, 9.17) is 9.47 Å². The molecule has 2 heterocycles. The van der Waals surface area contributed by atoms with Crippen LogP contribution in [0.4, 0.5) is 0 Å². The summed E-state index contributed by atoms with van der Waals surface area (Å²) >= 11 is 0. The smallest absolute Gasteiger partial charge is 0.231 e. The van der Waals surface area contributed by atoms with E-state index in [9.17, 15) is 0 Å². The molecule has 1 aromatic carbocycles. The van der Waals surface area contributed by atoms with Crippen molar-refractivity contribution in [2.24, 2.45) is 0 Å². The maximum atomic E-state index is 5.49. The maximum absolute atomic E-state index is 5.49. The SMILES string of the molecule is Cc1[nH]c2cc3c(cc2c1CCCNC1CC1)OCO3. The normalized spacial score (nSPS) is 17.1. The van der Waals surface area contributed by atoms with Gasteiger partial charge in [-0.3, -0.25) is 0 Å². The zero-order valence-electron chi connectivity index (χ0n) is 11.8. The van der Waals surface area contributed by atoms with Crippen molar-refractivity contribution in [3.8, 4) is 11.5 Å². The lowest BCUT2D eigenvalue weighted by Crippen LogP contribution is -2.17. The van der Waals surface area contributed by atoms with Crippen molar-refractivity contribution in [3.05, 3.63) is 23.4 Å². The third-order valence-electron chi connectivity index (χ3n) is 4.23. The van der Waals surface area contributed by atoms with Crippen LogP contribution in [-0.2, 0) is 6.42 Å². The van der Waals surface area contributed by atoms with Crippen LogP contribution in [0.1, 0.15) is 30.5 Å². The fourth-order valence-electron chi connectivity index (χ4n) is 2.96. The molecule has 2 N–H and O–H groups in total.